The normalized spacial score (nSPS) is 12.2. The summed E-state index contributed by atoms with van der Waals surface area (Å²) in [6.45, 7) is 0. The molecule has 0 aliphatic heterocycles. The van der Waals surface area contributed by atoms with E-state index in [-0.39, 0.29) is 5.56 Å². The lowest BCUT2D eigenvalue weighted by molar-refractivity contribution is -0.142. The zero-order valence-corrected chi connectivity index (χ0v) is 11.4. The quantitative estimate of drug-likeness (QED) is 0.809. The Bertz CT molecular complexity index is 655. The molecule has 106 valence electrons. The number of hydrogen-bond acceptors (Lipinski definition) is 4. The molecule has 0 saturated carbocycles. The van der Waals surface area contributed by atoms with Crippen LogP contribution in [-0.4, -0.2) is 28.5 Å². The first-order chi connectivity index (χ1) is 9.52. The highest BCUT2D eigenvalue weighted by molar-refractivity contribution is 5.75. The minimum atomic E-state index is -0.677. The lowest BCUT2D eigenvalue weighted by Crippen LogP contribution is -2.33. The number of benzene rings is 1. The Morgan fingerprint density at radius 1 is 1.30 bits per heavy atom. The first-order valence-corrected chi connectivity index (χ1v) is 6.20. The highest BCUT2D eigenvalue weighted by Crippen LogP contribution is 2.09. The third-order valence-electron chi connectivity index (χ3n) is 3.10. The van der Waals surface area contributed by atoms with Crippen LogP contribution >= 0.6 is 0 Å². The molecule has 2 aromatic rings. The SMILES string of the molecule is COC(=O)[C@@H](N)Cc1ccc(-n2c(=O)ccn2C)cc1. The van der Waals surface area contributed by atoms with Crippen LogP contribution in [0.2, 0.25) is 0 Å². The second-order valence-corrected chi connectivity index (χ2v) is 4.54. The van der Waals surface area contributed by atoms with Gasteiger partial charge in [0.25, 0.3) is 5.56 Å². The van der Waals surface area contributed by atoms with Crippen LogP contribution in [-0.2, 0) is 23.0 Å². The standard InChI is InChI=1S/C14H17N3O3/c1-16-8-7-13(18)17(16)11-5-3-10(4-6-11)9-12(15)14(19)20-2/h3-8,12H,9,15H2,1-2H3/t12-/m0/s1. The van der Waals surface area contributed by atoms with E-state index in [1.807, 2.05) is 24.3 Å². The fourth-order valence-electron chi connectivity index (χ4n) is 2.04. The summed E-state index contributed by atoms with van der Waals surface area (Å²) in [6.07, 6.45) is 2.10. The molecule has 1 aromatic carbocycles. The third kappa shape index (κ3) is 2.80. The molecule has 0 amide bonds. The van der Waals surface area contributed by atoms with Gasteiger partial charge in [0.15, 0.2) is 0 Å². The lowest BCUT2D eigenvalue weighted by atomic mass is 10.1. The van der Waals surface area contributed by atoms with E-state index < -0.39 is 12.0 Å². The average Bonchev–Trinajstić information content (AvgIpc) is 2.78. The third-order valence-corrected chi connectivity index (χ3v) is 3.10. The molecule has 6 heteroatoms. The fraction of sp³-hybridized carbons (Fsp3) is 0.286. The van der Waals surface area contributed by atoms with Gasteiger partial charge in [-0.15, -0.1) is 0 Å². The van der Waals surface area contributed by atoms with Gasteiger partial charge in [0.2, 0.25) is 0 Å². The predicted octanol–water partition coefficient (Wildman–Crippen LogP) is 0.219. The zero-order valence-electron chi connectivity index (χ0n) is 11.4. The molecule has 0 radical (unpaired) electrons. The first kappa shape index (κ1) is 14.1. The summed E-state index contributed by atoms with van der Waals surface area (Å²) in [4.78, 5) is 23.0. The van der Waals surface area contributed by atoms with Crippen LogP contribution in [0.15, 0.2) is 41.3 Å². The Morgan fingerprint density at radius 3 is 2.45 bits per heavy atom. The van der Waals surface area contributed by atoms with Gasteiger partial charge in [-0.1, -0.05) is 12.1 Å². The van der Waals surface area contributed by atoms with Gasteiger partial charge in [-0.2, -0.15) is 0 Å². The second-order valence-electron chi connectivity index (χ2n) is 4.54. The molecular formula is C14H17N3O3. The van der Waals surface area contributed by atoms with E-state index in [0.717, 1.165) is 11.3 Å². The maximum absolute atomic E-state index is 11.7. The van der Waals surface area contributed by atoms with Crippen molar-refractivity contribution < 1.29 is 9.53 Å². The molecule has 1 atom stereocenters. The summed E-state index contributed by atoms with van der Waals surface area (Å²) < 4.78 is 7.84. The Morgan fingerprint density at radius 2 is 1.95 bits per heavy atom. The van der Waals surface area contributed by atoms with Crippen LogP contribution in [0.25, 0.3) is 5.69 Å². The molecule has 0 unspecified atom stereocenters. The highest BCUT2D eigenvalue weighted by atomic mass is 16.5. The van der Waals surface area contributed by atoms with Crippen LogP contribution in [0.4, 0.5) is 0 Å². The molecule has 0 spiro atoms. The largest absolute Gasteiger partial charge is 0.468 e. The van der Waals surface area contributed by atoms with E-state index in [0.29, 0.717) is 6.42 Å². The maximum Gasteiger partial charge on any atom is 0.322 e. The topological polar surface area (TPSA) is 79.2 Å². The van der Waals surface area contributed by atoms with Gasteiger partial charge in [0.1, 0.15) is 6.04 Å². The molecule has 0 saturated heterocycles. The number of aromatic nitrogens is 2. The molecule has 0 aliphatic rings. The summed E-state index contributed by atoms with van der Waals surface area (Å²) in [5, 5.41) is 0. The molecule has 0 bridgehead atoms. The minimum Gasteiger partial charge on any atom is -0.468 e. The predicted molar refractivity (Wildman–Crippen MR) is 74.7 cm³/mol. The van der Waals surface area contributed by atoms with Gasteiger partial charge < -0.3 is 10.5 Å². The Hall–Kier alpha value is -2.34. The zero-order chi connectivity index (χ0) is 14.7. The summed E-state index contributed by atoms with van der Waals surface area (Å²) in [6, 6.07) is 8.15. The molecule has 6 nitrogen and oxygen atoms in total. The van der Waals surface area contributed by atoms with Gasteiger partial charge in [0, 0.05) is 19.3 Å². The molecule has 2 rings (SSSR count). The Labute approximate surface area is 116 Å². The smallest absolute Gasteiger partial charge is 0.322 e. The summed E-state index contributed by atoms with van der Waals surface area (Å²) in [5.74, 6) is -0.437. The van der Waals surface area contributed by atoms with E-state index >= 15 is 0 Å². The van der Waals surface area contributed by atoms with Crippen molar-refractivity contribution in [2.75, 3.05) is 7.11 Å². The molecule has 1 aromatic heterocycles. The van der Waals surface area contributed by atoms with E-state index in [1.54, 1.807) is 22.6 Å². The van der Waals surface area contributed by atoms with Crippen LogP contribution < -0.4 is 11.3 Å². The number of methoxy groups -OCH3 is 1. The van der Waals surface area contributed by atoms with Crippen molar-refractivity contribution in [3.63, 3.8) is 0 Å². The molecule has 1 heterocycles. The van der Waals surface area contributed by atoms with Crippen molar-refractivity contribution in [2.24, 2.45) is 12.8 Å². The maximum atomic E-state index is 11.7. The highest BCUT2D eigenvalue weighted by Gasteiger charge is 2.14. The number of rotatable bonds is 4. The lowest BCUT2D eigenvalue weighted by Gasteiger charge is -2.11. The van der Waals surface area contributed by atoms with Gasteiger partial charge >= 0.3 is 5.97 Å². The summed E-state index contributed by atoms with van der Waals surface area (Å²) in [7, 11) is 3.11. The molecule has 20 heavy (non-hydrogen) atoms. The number of aryl methyl sites for hydroxylation is 1. The second kappa shape index (κ2) is 5.75. The number of esters is 1. The molecule has 0 aliphatic carbocycles. The monoisotopic (exact) mass is 275 g/mol. The van der Waals surface area contributed by atoms with Crippen molar-refractivity contribution >= 4 is 5.97 Å². The fourth-order valence-corrected chi connectivity index (χ4v) is 2.04. The molecule has 2 N–H and O–H groups in total. The Balaban J connectivity index is 2.19. The van der Waals surface area contributed by atoms with E-state index in [4.69, 9.17) is 5.73 Å². The van der Waals surface area contributed by atoms with Gasteiger partial charge in [0.05, 0.1) is 12.8 Å². The van der Waals surface area contributed by atoms with Crippen molar-refractivity contribution in [1.82, 2.24) is 9.36 Å². The van der Waals surface area contributed by atoms with Crippen LogP contribution in [0.1, 0.15) is 5.56 Å². The van der Waals surface area contributed by atoms with E-state index in [1.165, 1.54) is 13.2 Å². The molecule has 0 fully saturated rings. The van der Waals surface area contributed by atoms with Gasteiger partial charge in [-0.25, -0.2) is 4.68 Å². The van der Waals surface area contributed by atoms with Crippen molar-refractivity contribution in [3.05, 3.63) is 52.4 Å². The number of nitrogens with two attached hydrogens (primary N) is 1. The number of ether oxygens (including phenoxy) is 1. The van der Waals surface area contributed by atoms with Gasteiger partial charge in [-0.05, 0) is 24.1 Å². The van der Waals surface area contributed by atoms with Crippen LogP contribution in [0.5, 0.6) is 0 Å². The first-order valence-electron chi connectivity index (χ1n) is 6.20. The summed E-state index contributed by atoms with van der Waals surface area (Å²) >= 11 is 0. The average molecular weight is 275 g/mol. The number of carbonyl (C=O) groups excluding carboxylic acids is 1. The Kier molecular flexibility index (Phi) is 4.05. The minimum absolute atomic E-state index is 0.0912. The van der Waals surface area contributed by atoms with Crippen LogP contribution in [0, 0.1) is 0 Å². The summed E-state index contributed by atoms with van der Waals surface area (Å²) in [5.41, 5.74) is 7.29. The molecular weight excluding hydrogens is 258 g/mol. The van der Waals surface area contributed by atoms with Crippen molar-refractivity contribution in [2.45, 2.75) is 12.5 Å². The van der Waals surface area contributed by atoms with Crippen molar-refractivity contribution in [1.29, 1.82) is 0 Å². The van der Waals surface area contributed by atoms with E-state index in [2.05, 4.69) is 4.74 Å². The number of nitrogens with zero attached hydrogens (tertiary/aromatic N) is 2. The number of carbonyl (C=O) groups is 1. The van der Waals surface area contributed by atoms with Crippen LogP contribution in [0.3, 0.4) is 0 Å². The number of hydrogen-bond donors (Lipinski definition) is 1. The van der Waals surface area contributed by atoms with Crippen molar-refractivity contribution in [3.8, 4) is 5.69 Å². The van der Waals surface area contributed by atoms with E-state index in [9.17, 15) is 9.59 Å². The van der Waals surface area contributed by atoms with Gasteiger partial charge in [-0.3, -0.25) is 14.3 Å².